The van der Waals surface area contributed by atoms with E-state index in [1.165, 1.54) is 30.6 Å². The number of hydrogen-bond acceptors (Lipinski definition) is 9. The summed E-state index contributed by atoms with van der Waals surface area (Å²) in [5.41, 5.74) is 3.04. The molecule has 1 aliphatic heterocycles. The molecule has 5 heterocycles. The van der Waals surface area contributed by atoms with E-state index in [1.807, 2.05) is 0 Å². The monoisotopic (exact) mass is 563 g/mol. The molecule has 1 aliphatic rings. The highest BCUT2D eigenvalue weighted by Gasteiger charge is 2.35. The molecular formula is C24H21ClF3N7O2S. The smallest absolute Gasteiger partial charge is 0.401 e. The third-order valence-corrected chi connectivity index (χ3v) is 7.15. The van der Waals surface area contributed by atoms with Gasteiger partial charge in [-0.3, -0.25) is 20.0 Å². The van der Waals surface area contributed by atoms with Gasteiger partial charge in [-0.2, -0.15) is 18.2 Å². The fourth-order valence-electron chi connectivity index (χ4n) is 4.37. The van der Waals surface area contributed by atoms with Crippen molar-refractivity contribution in [3.05, 3.63) is 52.8 Å². The lowest BCUT2D eigenvalue weighted by Gasteiger charge is -2.17. The SMILES string of the molecule is COc1cnc(Cl)cc1-c1cc(C)ncc1C(=O)Nc1nc2ncc(C3CCN(CC(F)(F)F)C3)nc2s1. The predicted octanol–water partition coefficient (Wildman–Crippen LogP) is 5.12. The highest BCUT2D eigenvalue weighted by atomic mass is 35.5. The highest BCUT2D eigenvalue weighted by molar-refractivity contribution is 7.21. The first kappa shape index (κ1) is 26.2. The molecule has 0 saturated carbocycles. The van der Waals surface area contributed by atoms with Gasteiger partial charge in [-0.1, -0.05) is 22.9 Å². The van der Waals surface area contributed by atoms with Gasteiger partial charge in [-0.25, -0.2) is 15.0 Å². The molecule has 0 radical (unpaired) electrons. The third-order valence-electron chi connectivity index (χ3n) is 6.09. The van der Waals surface area contributed by atoms with E-state index in [9.17, 15) is 18.0 Å². The zero-order valence-corrected chi connectivity index (χ0v) is 21.8. The lowest BCUT2D eigenvalue weighted by Crippen LogP contribution is -2.32. The Bertz CT molecular complexity index is 1510. The minimum atomic E-state index is -4.24. The van der Waals surface area contributed by atoms with Crippen LogP contribution in [0.5, 0.6) is 5.75 Å². The number of thiazole rings is 1. The average Bonchev–Trinajstić information content (AvgIpc) is 3.48. The number of fused-ring (bicyclic) bond motifs is 1. The highest BCUT2D eigenvalue weighted by Crippen LogP contribution is 2.35. The Morgan fingerprint density at radius 1 is 1.18 bits per heavy atom. The van der Waals surface area contributed by atoms with Crippen LogP contribution in [-0.4, -0.2) is 68.6 Å². The molecule has 1 atom stereocenters. The maximum atomic E-state index is 13.3. The normalized spacial score (nSPS) is 16.2. The summed E-state index contributed by atoms with van der Waals surface area (Å²) in [7, 11) is 1.50. The summed E-state index contributed by atoms with van der Waals surface area (Å²) in [5, 5.41) is 3.29. The number of alkyl halides is 3. The molecule has 1 fully saturated rings. The number of pyridine rings is 2. The van der Waals surface area contributed by atoms with Crippen molar-refractivity contribution in [2.45, 2.75) is 25.4 Å². The van der Waals surface area contributed by atoms with E-state index < -0.39 is 18.6 Å². The Labute approximate surface area is 224 Å². The molecule has 14 heteroatoms. The third kappa shape index (κ3) is 5.69. The minimum Gasteiger partial charge on any atom is -0.494 e. The van der Waals surface area contributed by atoms with Gasteiger partial charge < -0.3 is 4.74 Å². The van der Waals surface area contributed by atoms with Gasteiger partial charge in [0.25, 0.3) is 5.91 Å². The summed E-state index contributed by atoms with van der Waals surface area (Å²) in [4.78, 5) is 36.7. The first-order valence-corrected chi connectivity index (χ1v) is 12.7. The Morgan fingerprint density at radius 2 is 2.00 bits per heavy atom. The van der Waals surface area contributed by atoms with Gasteiger partial charge in [0.05, 0.1) is 37.3 Å². The zero-order chi connectivity index (χ0) is 27.0. The molecule has 1 N–H and O–H groups in total. The summed E-state index contributed by atoms with van der Waals surface area (Å²) in [6, 6.07) is 3.36. The van der Waals surface area contributed by atoms with Crippen LogP contribution >= 0.6 is 22.9 Å². The molecular weight excluding hydrogens is 543 g/mol. The maximum Gasteiger partial charge on any atom is 0.401 e. The second-order valence-electron chi connectivity index (χ2n) is 8.81. The molecule has 4 aromatic rings. The van der Waals surface area contributed by atoms with Crippen molar-refractivity contribution in [3.8, 4) is 16.9 Å². The number of anilines is 1. The Kier molecular flexibility index (Phi) is 7.16. The number of nitrogens with zero attached hydrogens (tertiary/aromatic N) is 6. The summed E-state index contributed by atoms with van der Waals surface area (Å²) >= 11 is 7.24. The van der Waals surface area contributed by atoms with E-state index in [0.29, 0.717) is 51.7 Å². The summed E-state index contributed by atoms with van der Waals surface area (Å²) < 4.78 is 43.6. The number of aromatic nitrogens is 5. The molecule has 0 spiro atoms. The summed E-state index contributed by atoms with van der Waals surface area (Å²) in [6.45, 7) is 1.46. The number of carbonyl (C=O) groups excluding carboxylic acids is 1. The largest absolute Gasteiger partial charge is 0.494 e. The molecule has 9 nitrogen and oxygen atoms in total. The number of likely N-dealkylation sites (tertiary alicyclic amines) is 1. The Hall–Kier alpha value is -3.42. The molecule has 0 aliphatic carbocycles. The van der Waals surface area contributed by atoms with Gasteiger partial charge in [0.2, 0.25) is 0 Å². The summed E-state index contributed by atoms with van der Waals surface area (Å²) in [6.07, 6.45) is 0.797. The quantitative estimate of drug-likeness (QED) is 0.322. The average molecular weight is 564 g/mol. The van der Waals surface area contributed by atoms with Gasteiger partial charge in [0.15, 0.2) is 15.6 Å². The lowest BCUT2D eigenvalue weighted by molar-refractivity contribution is -0.143. The van der Waals surface area contributed by atoms with Crippen LogP contribution in [0.15, 0.2) is 30.7 Å². The van der Waals surface area contributed by atoms with E-state index in [1.54, 1.807) is 19.1 Å². The van der Waals surface area contributed by atoms with Crippen molar-refractivity contribution in [2.24, 2.45) is 0 Å². The topological polar surface area (TPSA) is 106 Å². The van der Waals surface area contributed by atoms with Crippen LogP contribution < -0.4 is 10.1 Å². The number of halogens is 4. The van der Waals surface area contributed by atoms with Gasteiger partial charge in [0.1, 0.15) is 10.9 Å². The molecule has 38 heavy (non-hydrogen) atoms. The predicted molar refractivity (Wildman–Crippen MR) is 137 cm³/mol. The van der Waals surface area contributed by atoms with Crippen molar-refractivity contribution in [3.63, 3.8) is 0 Å². The van der Waals surface area contributed by atoms with E-state index in [4.69, 9.17) is 16.3 Å². The number of aryl methyl sites for hydroxylation is 1. The molecule has 198 valence electrons. The number of amides is 1. The molecule has 1 amide bonds. The van der Waals surface area contributed by atoms with Gasteiger partial charge >= 0.3 is 6.18 Å². The van der Waals surface area contributed by atoms with Crippen LogP contribution in [0, 0.1) is 6.92 Å². The first-order valence-electron chi connectivity index (χ1n) is 11.5. The van der Waals surface area contributed by atoms with Crippen molar-refractivity contribution in [2.75, 3.05) is 32.1 Å². The van der Waals surface area contributed by atoms with Crippen LogP contribution in [0.3, 0.4) is 0 Å². The number of carbonyl (C=O) groups is 1. The van der Waals surface area contributed by atoms with Crippen molar-refractivity contribution in [1.82, 2.24) is 29.8 Å². The molecule has 0 bridgehead atoms. The molecule has 4 aromatic heterocycles. The van der Waals surface area contributed by atoms with Gasteiger partial charge in [0, 0.05) is 35.5 Å². The van der Waals surface area contributed by atoms with Crippen molar-refractivity contribution in [1.29, 1.82) is 0 Å². The van der Waals surface area contributed by atoms with Crippen LogP contribution in [0.4, 0.5) is 18.3 Å². The van der Waals surface area contributed by atoms with Crippen LogP contribution in [-0.2, 0) is 0 Å². The van der Waals surface area contributed by atoms with E-state index >= 15 is 0 Å². The maximum absolute atomic E-state index is 13.3. The lowest BCUT2D eigenvalue weighted by atomic mass is 10.0. The zero-order valence-electron chi connectivity index (χ0n) is 20.2. The molecule has 1 saturated heterocycles. The van der Waals surface area contributed by atoms with Crippen molar-refractivity contribution < 1.29 is 22.7 Å². The second-order valence-corrected chi connectivity index (χ2v) is 10.2. The Morgan fingerprint density at radius 3 is 2.76 bits per heavy atom. The van der Waals surface area contributed by atoms with Gasteiger partial charge in [-0.05, 0) is 32.0 Å². The number of rotatable bonds is 6. The molecule has 0 aromatic carbocycles. The Balaban J connectivity index is 1.38. The van der Waals surface area contributed by atoms with Crippen LogP contribution in [0.25, 0.3) is 21.6 Å². The minimum absolute atomic E-state index is 0.155. The van der Waals surface area contributed by atoms with E-state index in [2.05, 4.69) is 30.2 Å². The first-order chi connectivity index (χ1) is 18.1. The number of ether oxygens (including phenoxy) is 1. The second kappa shape index (κ2) is 10.4. The van der Waals surface area contributed by atoms with Crippen LogP contribution in [0.2, 0.25) is 5.15 Å². The van der Waals surface area contributed by atoms with Crippen LogP contribution in [0.1, 0.15) is 34.1 Å². The number of hydrogen-bond donors (Lipinski definition) is 1. The van der Waals surface area contributed by atoms with E-state index in [0.717, 1.165) is 11.3 Å². The summed E-state index contributed by atoms with van der Waals surface area (Å²) in [5.74, 6) is -0.172. The van der Waals surface area contributed by atoms with Crippen molar-refractivity contribution >= 4 is 44.5 Å². The van der Waals surface area contributed by atoms with E-state index in [-0.39, 0.29) is 28.3 Å². The van der Waals surface area contributed by atoms with Gasteiger partial charge in [-0.15, -0.1) is 0 Å². The number of nitrogens with one attached hydrogen (secondary N) is 1. The fraction of sp³-hybridized carbons (Fsp3) is 0.333. The molecule has 5 rings (SSSR count). The standard InChI is InChI=1S/C24H21ClF3N7O2S/c1-12-5-14(15-6-19(25)30-9-18(15)37-2)16(7-29-12)21(36)34-23-33-20-22(38-23)32-17(8-31-20)13-3-4-35(10-13)11-24(26,27)28/h5-9,13H,3-4,10-11H2,1-2H3,(H,31,33,34,36). The number of methoxy groups -OCH3 is 1. The fourth-order valence-corrected chi connectivity index (χ4v) is 5.33. The molecule has 1 unspecified atom stereocenters.